The van der Waals surface area contributed by atoms with E-state index in [0.29, 0.717) is 18.2 Å². The highest BCUT2D eigenvalue weighted by atomic mass is 16.5. The number of nitrogens with two attached hydrogens (primary N) is 1. The van der Waals surface area contributed by atoms with Crippen molar-refractivity contribution in [1.29, 1.82) is 0 Å². The second-order valence-corrected chi connectivity index (χ2v) is 7.55. The third kappa shape index (κ3) is 6.17. The van der Waals surface area contributed by atoms with E-state index < -0.39 is 5.91 Å². The van der Waals surface area contributed by atoms with Crippen LogP contribution >= 0.6 is 0 Å². The van der Waals surface area contributed by atoms with Gasteiger partial charge in [-0.3, -0.25) is 14.5 Å². The number of guanidine groups is 1. The second kappa shape index (κ2) is 10.9. The van der Waals surface area contributed by atoms with Gasteiger partial charge in [-0.15, -0.1) is 0 Å². The molecular weight excluding hydrogens is 384 g/mol. The highest BCUT2D eigenvalue weighted by molar-refractivity contribution is 5.96. The number of carbonyl (C=O) groups is 2. The van der Waals surface area contributed by atoms with Gasteiger partial charge in [0.05, 0.1) is 26.3 Å². The van der Waals surface area contributed by atoms with Gasteiger partial charge in [-0.25, -0.2) is 4.99 Å². The molecule has 0 aliphatic carbocycles. The molecule has 0 saturated carbocycles. The van der Waals surface area contributed by atoms with Crippen molar-refractivity contribution in [3.8, 4) is 0 Å². The van der Waals surface area contributed by atoms with Gasteiger partial charge in [0.2, 0.25) is 5.91 Å². The normalized spacial score (nSPS) is 20.2. The molecule has 3 rings (SSSR count). The van der Waals surface area contributed by atoms with Crippen LogP contribution in [0.1, 0.15) is 29.3 Å². The molecule has 1 aromatic rings. The molecule has 0 aromatic heterocycles. The fourth-order valence-electron chi connectivity index (χ4n) is 3.80. The second-order valence-electron chi connectivity index (χ2n) is 7.55. The van der Waals surface area contributed by atoms with Crippen LogP contribution in [0.4, 0.5) is 0 Å². The van der Waals surface area contributed by atoms with Crippen LogP contribution in [0.2, 0.25) is 0 Å². The summed E-state index contributed by atoms with van der Waals surface area (Å²) in [6, 6.07) is 7.78. The van der Waals surface area contributed by atoms with Gasteiger partial charge in [0.25, 0.3) is 5.91 Å². The number of ether oxygens (including phenoxy) is 1. The molecule has 2 fully saturated rings. The molecule has 0 radical (unpaired) electrons. The Morgan fingerprint density at radius 3 is 2.57 bits per heavy atom. The molecule has 2 saturated heterocycles. The number of rotatable bonds is 7. The van der Waals surface area contributed by atoms with E-state index >= 15 is 0 Å². The van der Waals surface area contributed by atoms with Crippen LogP contribution in [-0.2, 0) is 16.1 Å². The molecular formula is C21H32N6O3. The molecule has 2 aliphatic heterocycles. The Morgan fingerprint density at radius 1 is 1.17 bits per heavy atom. The molecule has 1 atom stereocenters. The maximum atomic E-state index is 12.0. The lowest BCUT2D eigenvalue weighted by Gasteiger charge is -2.32. The SMILES string of the molecule is CCNC(=NCc1ccc(C(=O)NCC(N)=O)cc1)N1CCC(N2CCOCC2)C1. The summed E-state index contributed by atoms with van der Waals surface area (Å²) in [6.07, 6.45) is 1.14. The zero-order chi connectivity index (χ0) is 21.3. The van der Waals surface area contributed by atoms with Crippen molar-refractivity contribution in [3.05, 3.63) is 35.4 Å². The zero-order valence-corrected chi connectivity index (χ0v) is 17.6. The maximum absolute atomic E-state index is 12.0. The summed E-state index contributed by atoms with van der Waals surface area (Å²) in [5, 5.41) is 5.88. The Bertz CT molecular complexity index is 746. The number of primary amides is 1. The van der Waals surface area contributed by atoms with Gasteiger partial charge < -0.3 is 26.0 Å². The maximum Gasteiger partial charge on any atom is 0.251 e. The fourth-order valence-corrected chi connectivity index (χ4v) is 3.80. The molecule has 1 aromatic carbocycles. The average molecular weight is 417 g/mol. The van der Waals surface area contributed by atoms with E-state index in [1.807, 2.05) is 12.1 Å². The van der Waals surface area contributed by atoms with Crippen molar-refractivity contribution >= 4 is 17.8 Å². The Morgan fingerprint density at radius 2 is 1.90 bits per heavy atom. The Kier molecular flexibility index (Phi) is 8.04. The smallest absolute Gasteiger partial charge is 0.251 e. The van der Waals surface area contributed by atoms with Gasteiger partial charge in [0.15, 0.2) is 5.96 Å². The number of hydrogen-bond acceptors (Lipinski definition) is 5. The Labute approximate surface area is 177 Å². The van der Waals surface area contributed by atoms with Crippen molar-refractivity contribution in [3.63, 3.8) is 0 Å². The van der Waals surface area contributed by atoms with Crippen LogP contribution in [-0.4, -0.2) is 86.1 Å². The summed E-state index contributed by atoms with van der Waals surface area (Å²) in [5.74, 6) is 0.0444. The fraction of sp³-hybridized carbons (Fsp3) is 0.571. The molecule has 30 heavy (non-hydrogen) atoms. The number of amides is 2. The van der Waals surface area contributed by atoms with E-state index in [1.165, 1.54) is 0 Å². The molecule has 0 spiro atoms. The lowest BCUT2D eigenvalue weighted by molar-refractivity contribution is -0.117. The van der Waals surface area contributed by atoms with Crippen molar-refractivity contribution < 1.29 is 14.3 Å². The number of aliphatic imine (C=N–C) groups is 1. The van der Waals surface area contributed by atoms with Crippen LogP contribution in [0.25, 0.3) is 0 Å². The van der Waals surface area contributed by atoms with E-state index in [4.69, 9.17) is 15.5 Å². The summed E-state index contributed by atoms with van der Waals surface area (Å²) >= 11 is 0. The third-order valence-electron chi connectivity index (χ3n) is 5.41. The quantitative estimate of drug-likeness (QED) is 0.418. The minimum Gasteiger partial charge on any atom is -0.379 e. The summed E-state index contributed by atoms with van der Waals surface area (Å²) < 4.78 is 5.47. The highest BCUT2D eigenvalue weighted by Crippen LogP contribution is 2.17. The number of carbonyl (C=O) groups excluding carboxylic acids is 2. The van der Waals surface area contributed by atoms with Gasteiger partial charge >= 0.3 is 0 Å². The molecule has 164 valence electrons. The third-order valence-corrected chi connectivity index (χ3v) is 5.41. The molecule has 2 heterocycles. The van der Waals surface area contributed by atoms with Gasteiger partial charge in [-0.2, -0.15) is 0 Å². The first-order valence-corrected chi connectivity index (χ1v) is 10.6. The molecule has 9 nitrogen and oxygen atoms in total. The number of nitrogens with one attached hydrogen (secondary N) is 2. The predicted octanol–water partition coefficient (Wildman–Crippen LogP) is -0.226. The standard InChI is InChI=1S/C21H32N6O3/c1-2-23-21(27-8-7-18(15-27)26-9-11-30-12-10-26)25-13-16-3-5-17(6-4-16)20(29)24-14-19(22)28/h3-6,18H,2,7-15H2,1H3,(H2,22,28)(H,23,25)(H,24,29). The minimum atomic E-state index is -0.567. The van der Waals surface area contributed by atoms with E-state index in [9.17, 15) is 9.59 Å². The van der Waals surface area contributed by atoms with Gasteiger partial charge in [0, 0.05) is 44.3 Å². The highest BCUT2D eigenvalue weighted by Gasteiger charge is 2.30. The van der Waals surface area contributed by atoms with Crippen molar-refractivity contribution in [2.24, 2.45) is 10.7 Å². The van der Waals surface area contributed by atoms with Gasteiger partial charge in [-0.05, 0) is 31.0 Å². The molecule has 0 bridgehead atoms. The number of benzene rings is 1. The summed E-state index contributed by atoms with van der Waals surface area (Å²) in [7, 11) is 0. The zero-order valence-electron chi connectivity index (χ0n) is 17.6. The van der Waals surface area contributed by atoms with Gasteiger partial charge in [-0.1, -0.05) is 12.1 Å². The van der Waals surface area contributed by atoms with Crippen LogP contribution in [0.5, 0.6) is 0 Å². The van der Waals surface area contributed by atoms with Crippen LogP contribution in [0, 0.1) is 0 Å². The molecule has 2 aliphatic rings. The van der Waals surface area contributed by atoms with Crippen molar-refractivity contribution in [2.45, 2.75) is 25.9 Å². The first-order valence-electron chi connectivity index (χ1n) is 10.6. The van der Waals surface area contributed by atoms with E-state index in [0.717, 1.165) is 63.9 Å². The van der Waals surface area contributed by atoms with Crippen LogP contribution < -0.4 is 16.4 Å². The number of morpholine rings is 1. The monoisotopic (exact) mass is 416 g/mol. The van der Waals surface area contributed by atoms with Crippen molar-refractivity contribution in [1.82, 2.24) is 20.4 Å². The number of hydrogen-bond donors (Lipinski definition) is 3. The first kappa shape index (κ1) is 22.0. The number of likely N-dealkylation sites (tertiary alicyclic amines) is 1. The summed E-state index contributed by atoms with van der Waals surface area (Å²) in [6.45, 7) is 8.88. The average Bonchev–Trinajstić information content (AvgIpc) is 3.26. The lowest BCUT2D eigenvalue weighted by Crippen LogP contribution is -2.46. The topological polar surface area (TPSA) is 112 Å². The lowest BCUT2D eigenvalue weighted by atomic mass is 10.1. The summed E-state index contributed by atoms with van der Waals surface area (Å²) in [4.78, 5) is 32.4. The molecule has 9 heteroatoms. The molecule has 1 unspecified atom stereocenters. The first-order chi connectivity index (χ1) is 14.6. The summed E-state index contributed by atoms with van der Waals surface area (Å²) in [5.41, 5.74) is 6.56. The van der Waals surface area contributed by atoms with E-state index in [-0.39, 0.29) is 12.5 Å². The van der Waals surface area contributed by atoms with E-state index in [2.05, 4.69) is 27.4 Å². The van der Waals surface area contributed by atoms with Gasteiger partial charge in [0.1, 0.15) is 0 Å². The van der Waals surface area contributed by atoms with Crippen LogP contribution in [0.15, 0.2) is 29.3 Å². The largest absolute Gasteiger partial charge is 0.379 e. The molecule has 4 N–H and O–H groups in total. The Balaban J connectivity index is 1.56. The van der Waals surface area contributed by atoms with Crippen LogP contribution in [0.3, 0.4) is 0 Å². The van der Waals surface area contributed by atoms with E-state index in [1.54, 1.807) is 12.1 Å². The molecule has 2 amide bonds. The minimum absolute atomic E-state index is 0.168. The predicted molar refractivity (Wildman–Crippen MR) is 115 cm³/mol. The van der Waals surface area contributed by atoms with Crippen molar-refractivity contribution in [2.75, 3.05) is 52.5 Å². The Hall–Kier alpha value is -2.65. The number of nitrogens with zero attached hydrogens (tertiary/aromatic N) is 3.